The number of carboxylic acids is 1. The van der Waals surface area contributed by atoms with E-state index in [1.807, 2.05) is 0 Å². The largest absolute Gasteiger partial charge is 0.481 e. The zero-order chi connectivity index (χ0) is 15.3. The molecule has 2 N–H and O–H groups in total. The monoisotopic (exact) mass is 281 g/mol. The summed E-state index contributed by atoms with van der Waals surface area (Å²) in [6, 6.07) is 4.26. The molecule has 0 unspecified atom stereocenters. The number of hydrogen-bond donors (Lipinski definition) is 2. The van der Waals surface area contributed by atoms with Crippen LogP contribution in [0.5, 0.6) is 0 Å². The Labute approximate surface area is 118 Å². The lowest BCUT2D eigenvalue weighted by molar-refractivity contribution is -0.149. The highest BCUT2D eigenvalue weighted by atomic mass is 19.1. The molecule has 0 aliphatic carbocycles. The molecule has 110 valence electrons. The van der Waals surface area contributed by atoms with Crippen LogP contribution in [-0.2, 0) is 4.79 Å². The van der Waals surface area contributed by atoms with Gasteiger partial charge >= 0.3 is 5.97 Å². The fourth-order valence-electron chi connectivity index (χ4n) is 2.04. The van der Waals surface area contributed by atoms with Crippen LogP contribution in [0.1, 0.15) is 42.6 Å². The van der Waals surface area contributed by atoms with Gasteiger partial charge in [0.05, 0.1) is 11.0 Å². The molecule has 1 aromatic carbocycles. The first-order valence-corrected chi connectivity index (χ1v) is 6.64. The van der Waals surface area contributed by atoms with Crippen molar-refractivity contribution in [2.24, 2.45) is 5.41 Å². The number of carboxylic acid groups (broad SMARTS) is 1. The van der Waals surface area contributed by atoms with Gasteiger partial charge in [0, 0.05) is 6.54 Å². The van der Waals surface area contributed by atoms with Gasteiger partial charge in [-0.25, -0.2) is 4.39 Å². The van der Waals surface area contributed by atoms with Crippen LogP contribution in [0.2, 0.25) is 0 Å². The lowest BCUT2D eigenvalue weighted by atomic mass is 9.82. The first-order valence-electron chi connectivity index (χ1n) is 6.64. The van der Waals surface area contributed by atoms with Crippen LogP contribution in [0.25, 0.3) is 0 Å². The fraction of sp³-hybridized carbons (Fsp3) is 0.467. The molecule has 0 saturated carbocycles. The number of amides is 1. The van der Waals surface area contributed by atoms with Crippen LogP contribution in [0.15, 0.2) is 18.2 Å². The van der Waals surface area contributed by atoms with Crippen LogP contribution in [0.3, 0.4) is 0 Å². The molecule has 0 atom stereocenters. The maximum Gasteiger partial charge on any atom is 0.311 e. The number of carbonyl (C=O) groups excluding carboxylic acids is 1. The number of aliphatic carboxylic acids is 1. The van der Waals surface area contributed by atoms with E-state index in [1.54, 1.807) is 26.8 Å². The van der Waals surface area contributed by atoms with E-state index in [4.69, 9.17) is 0 Å². The minimum atomic E-state index is -1.00. The average molecular weight is 281 g/mol. The Balaban J connectivity index is 2.86. The van der Waals surface area contributed by atoms with E-state index in [0.29, 0.717) is 12.8 Å². The smallest absolute Gasteiger partial charge is 0.311 e. The Morgan fingerprint density at radius 2 is 1.90 bits per heavy atom. The predicted octanol–water partition coefficient (Wildman–Crippen LogP) is 2.75. The second-order valence-electron chi connectivity index (χ2n) is 4.96. The van der Waals surface area contributed by atoms with Gasteiger partial charge in [0.25, 0.3) is 5.91 Å². The third-order valence-electron chi connectivity index (χ3n) is 3.76. The van der Waals surface area contributed by atoms with Gasteiger partial charge in [-0.05, 0) is 31.9 Å². The third-order valence-corrected chi connectivity index (χ3v) is 3.76. The molecular formula is C15H20FNO3. The second kappa shape index (κ2) is 6.50. The summed E-state index contributed by atoms with van der Waals surface area (Å²) in [5.74, 6) is -2.15. The van der Waals surface area contributed by atoms with Gasteiger partial charge < -0.3 is 10.4 Å². The highest BCUT2D eigenvalue weighted by molar-refractivity contribution is 5.95. The van der Waals surface area contributed by atoms with E-state index >= 15 is 0 Å². The van der Waals surface area contributed by atoms with E-state index in [0.717, 1.165) is 5.56 Å². The quantitative estimate of drug-likeness (QED) is 0.842. The number of carbonyl (C=O) groups is 2. The van der Waals surface area contributed by atoms with Crippen LogP contribution >= 0.6 is 0 Å². The van der Waals surface area contributed by atoms with E-state index in [9.17, 15) is 19.1 Å². The highest BCUT2D eigenvalue weighted by Crippen LogP contribution is 2.25. The number of rotatable bonds is 6. The molecule has 5 heteroatoms. The van der Waals surface area contributed by atoms with Crippen LogP contribution < -0.4 is 5.32 Å². The molecule has 0 heterocycles. The molecule has 0 saturated heterocycles. The lowest BCUT2D eigenvalue weighted by Gasteiger charge is -2.26. The van der Waals surface area contributed by atoms with Gasteiger partial charge in [0.15, 0.2) is 0 Å². The molecule has 0 aromatic heterocycles. The van der Waals surface area contributed by atoms with Crippen molar-refractivity contribution in [2.45, 2.75) is 33.6 Å². The number of hydrogen-bond acceptors (Lipinski definition) is 2. The van der Waals surface area contributed by atoms with Crippen molar-refractivity contribution in [3.05, 3.63) is 35.1 Å². The normalized spacial score (nSPS) is 11.2. The molecule has 0 aliphatic rings. The Kier molecular flexibility index (Phi) is 5.25. The van der Waals surface area contributed by atoms with Crippen molar-refractivity contribution in [1.29, 1.82) is 0 Å². The Morgan fingerprint density at radius 1 is 1.30 bits per heavy atom. The van der Waals surface area contributed by atoms with Crippen molar-refractivity contribution in [3.8, 4) is 0 Å². The topological polar surface area (TPSA) is 66.4 Å². The maximum absolute atomic E-state index is 13.6. The molecule has 0 aliphatic heterocycles. The molecule has 0 fully saturated rings. The van der Waals surface area contributed by atoms with Crippen molar-refractivity contribution < 1.29 is 19.1 Å². The number of benzene rings is 1. The first kappa shape index (κ1) is 16.1. The molecule has 4 nitrogen and oxygen atoms in total. The van der Waals surface area contributed by atoms with E-state index in [1.165, 1.54) is 12.1 Å². The summed E-state index contributed by atoms with van der Waals surface area (Å²) in [5.41, 5.74) is -0.292. The van der Waals surface area contributed by atoms with E-state index < -0.39 is 23.1 Å². The summed E-state index contributed by atoms with van der Waals surface area (Å²) in [5, 5.41) is 11.8. The van der Waals surface area contributed by atoms with Crippen molar-refractivity contribution in [1.82, 2.24) is 5.32 Å². The molecule has 0 radical (unpaired) electrons. The molecule has 20 heavy (non-hydrogen) atoms. The summed E-state index contributed by atoms with van der Waals surface area (Å²) < 4.78 is 13.6. The van der Waals surface area contributed by atoms with Gasteiger partial charge in [-0.3, -0.25) is 9.59 Å². The van der Waals surface area contributed by atoms with Crippen molar-refractivity contribution in [3.63, 3.8) is 0 Å². The maximum atomic E-state index is 13.6. The van der Waals surface area contributed by atoms with Crippen molar-refractivity contribution >= 4 is 11.9 Å². The first-order chi connectivity index (χ1) is 9.36. The Hall–Kier alpha value is -1.91. The van der Waals surface area contributed by atoms with Crippen LogP contribution in [0.4, 0.5) is 4.39 Å². The minimum absolute atomic E-state index is 0.0124. The summed E-state index contributed by atoms with van der Waals surface area (Å²) in [6.07, 6.45) is 0.796. The minimum Gasteiger partial charge on any atom is -0.481 e. The molecule has 1 aromatic rings. The SMILES string of the molecule is CCC(CC)(CNC(=O)c1cc(C)ccc1F)C(=O)O. The molecule has 1 rings (SSSR count). The summed E-state index contributed by atoms with van der Waals surface area (Å²) >= 11 is 0. The third kappa shape index (κ3) is 3.35. The highest BCUT2D eigenvalue weighted by Gasteiger charge is 2.35. The number of nitrogens with one attached hydrogen (secondary N) is 1. The van der Waals surface area contributed by atoms with Gasteiger partial charge in [-0.1, -0.05) is 25.5 Å². The average Bonchev–Trinajstić information content (AvgIpc) is 2.42. The predicted molar refractivity (Wildman–Crippen MR) is 74.1 cm³/mol. The van der Waals surface area contributed by atoms with Crippen LogP contribution in [-0.4, -0.2) is 23.5 Å². The Morgan fingerprint density at radius 3 is 2.40 bits per heavy atom. The number of aryl methyl sites for hydroxylation is 1. The number of halogens is 1. The van der Waals surface area contributed by atoms with Crippen molar-refractivity contribution in [2.75, 3.05) is 6.54 Å². The molecule has 1 amide bonds. The van der Waals surface area contributed by atoms with Gasteiger partial charge in [-0.2, -0.15) is 0 Å². The zero-order valence-corrected chi connectivity index (χ0v) is 12.0. The van der Waals surface area contributed by atoms with Gasteiger partial charge in [-0.15, -0.1) is 0 Å². The molecule has 0 bridgehead atoms. The second-order valence-corrected chi connectivity index (χ2v) is 4.96. The van der Waals surface area contributed by atoms with Crippen LogP contribution in [0, 0.1) is 18.2 Å². The van der Waals surface area contributed by atoms with E-state index in [2.05, 4.69) is 5.32 Å². The summed E-state index contributed by atoms with van der Waals surface area (Å²) in [4.78, 5) is 23.3. The fourth-order valence-corrected chi connectivity index (χ4v) is 2.04. The van der Waals surface area contributed by atoms with Gasteiger partial charge in [0.1, 0.15) is 5.82 Å². The lowest BCUT2D eigenvalue weighted by Crippen LogP contribution is -2.42. The summed E-state index contributed by atoms with van der Waals surface area (Å²) in [7, 11) is 0. The standard InChI is InChI=1S/C15H20FNO3/c1-4-15(5-2,14(19)20)9-17-13(18)11-8-10(3)6-7-12(11)16/h6-8H,4-5,9H2,1-3H3,(H,17,18)(H,19,20). The molecule has 0 spiro atoms. The Bertz CT molecular complexity index is 510. The molecular weight excluding hydrogens is 261 g/mol. The summed E-state index contributed by atoms with van der Waals surface area (Å²) in [6.45, 7) is 5.27. The van der Waals surface area contributed by atoms with E-state index in [-0.39, 0.29) is 12.1 Å². The van der Waals surface area contributed by atoms with Gasteiger partial charge in [0.2, 0.25) is 0 Å². The zero-order valence-electron chi connectivity index (χ0n) is 12.0.